The maximum absolute atomic E-state index is 13.5. The van der Waals surface area contributed by atoms with Crippen molar-refractivity contribution in [2.45, 2.75) is 13.0 Å². The molecule has 0 fully saturated rings. The van der Waals surface area contributed by atoms with Gasteiger partial charge < -0.3 is 0 Å². The lowest BCUT2D eigenvalue weighted by molar-refractivity contribution is 0.0876. The summed E-state index contributed by atoms with van der Waals surface area (Å²) in [4.78, 5) is 1.52. The highest BCUT2D eigenvalue weighted by Crippen LogP contribution is 2.17. The first kappa shape index (κ1) is 15.0. The van der Waals surface area contributed by atoms with E-state index in [4.69, 9.17) is 0 Å². The van der Waals surface area contributed by atoms with Crippen molar-refractivity contribution in [1.29, 1.82) is 0 Å². The van der Waals surface area contributed by atoms with Gasteiger partial charge in [-0.05, 0) is 18.2 Å². The second kappa shape index (κ2) is 7.38. The quantitative estimate of drug-likeness (QED) is 0.679. The highest BCUT2D eigenvalue weighted by molar-refractivity contribution is 9.10. The zero-order chi connectivity index (χ0) is 12.8. The van der Waals surface area contributed by atoms with E-state index in [0.717, 1.165) is 4.47 Å². The molecule has 17 heavy (non-hydrogen) atoms. The fourth-order valence-corrected chi connectivity index (χ4v) is 2.37. The second-order valence-corrected chi connectivity index (χ2v) is 5.26. The Morgan fingerprint density at radius 1 is 1.29 bits per heavy atom. The van der Waals surface area contributed by atoms with Gasteiger partial charge in [0.2, 0.25) is 0 Å². The number of hydrogen-bond acceptors (Lipinski definition) is 1. The van der Waals surface area contributed by atoms with Crippen molar-refractivity contribution in [1.82, 2.24) is 4.90 Å². The van der Waals surface area contributed by atoms with Crippen LogP contribution in [0.15, 0.2) is 22.7 Å². The first-order valence-electron chi connectivity index (χ1n) is 5.03. The molecule has 0 bridgehead atoms. The summed E-state index contributed by atoms with van der Waals surface area (Å²) >= 11 is 6.43. The molecule has 1 rings (SSSR count). The molecule has 0 heterocycles. The zero-order valence-electron chi connectivity index (χ0n) is 8.97. The molecular weight excluding hydrogens is 363 g/mol. The van der Waals surface area contributed by atoms with Gasteiger partial charge in [-0.15, -0.1) is 0 Å². The molecule has 0 aromatic heterocycles. The van der Waals surface area contributed by atoms with Gasteiger partial charge >= 0.3 is 0 Å². The van der Waals surface area contributed by atoms with Gasteiger partial charge in [0.05, 0.1) is 6.54 Å². The van der Waals surface area contributed by atoms with Crippen LogP contribution < -0.4 is 0 Å². The summed E-state index contributed by atoms with van der Waals surface area (Å²) in [7, 11) is 0. The monoisotopic (exact) mass is 373 g/mol. The van der Waals surface area contributed by atoms with Gasteiger partial charge in [0.25, 0.3) is 6.43 Å². The minimum atomic E-state index is -2.41. The Hall–Kier alpha value is -0.0700. The van der Waals surface area contributed by atoms with Crippen molar-refractivity contribution in [3.05, 3.63) is 34.1 Å². The van der Waals surface area contributed by atoms with Gasteiger partial charge in [-0.3, -0.25) is 4.90 Å². The number of hydrogen-bond donors (Lipinski definition) is 0. The summed E-state index contributed by atoms with van der Waals surface area (Å²) < 4.78 is 38.9. The smallest absolute Gasteiger partial charge is 0.251 e. The van der Waals surface area contributed by atoms with Crippen LogP contribution in [0.1, 0.15) is 5.56 Å². The highest BCUT2D eigenvalue weighted by Gasteiger charge is 2.14. The molecule has 0 aliphatic heterocycles. The minimum Gasteiger partial charge on any atom is -0.293 e. The lowest BCUT2D eigenvalue weighted by atomic mass is 10.2. The highest BCUT2D eigenvalue weighted by atomic mass is 79.9. The zero-order valence-corrected chi connectivity index (χ0v) is 12.1. The standard InChI is InChI=1S/C11H12Br2F3N/c12-3-4-17(7-11(15)16)6-8-5-9(13)1-2-10(8)14/h1-2,5,11H,3-4,6-7H2. The predicted molar refractivity (Wildman–Crippen MR) is 69.2 cm³/mol. The van der Waals surface area contributed by atoms with E-state index in [1.165, 1.54) is 11.0 Å². The topological polar surface area (TPSA) is 3.24 Å². The van der Waals surface area contributed by atoms with Crippen LogP contribution >= 0.6 is 31.9 Å². The Balaban J connectivity index is 2.74. The average Bonchev–Trinajstić information content (AvgIpc) is 2.23. The van der Waals surface area contributed by atoms with Gasteiger partial charge in [0.1, 0.15) is 5.82 Å². The Kier molecular flexibility index (Phi) is 6.51. The normalized spacial score (nSPS) is 11.5. The Labute approximate surface area is 115 Å². The molecule has 0 amide bonds. The van der Waals surface area contributed by atoms with E-state index < -0.39 is 6.43 Å². The van der Waals surface area contributed by atoms with E-state index in [2.05, 4.69) is 31.9 Å². The predicted octanol–water partition coefficient (Wildman–Crippen LogP) is 4.05. The second-order valence-electron chi connectivity index (χ2n) is 3.55. The molecule has 0 saturated carbocycles. The van der Waals surface area contributed by atoms with Crippen molar-refractivity contribution in [2.75, 3.05) is 18.4 Å². The fourth-order valence-electron chi connectivity index (χ4n) is 1.45. The molecular formula is C11H12Br2F3N. The number of halogens is 5. The van der Waals surface area contributed by atoms with Crippen LogP contribution in [0.5, 0.6) is 0 Å². The summed E-state index contributed by atoms with van der Waals surface area (Å²) in [6.45, 7) is 0.287. The molecule has 0 radical (unpaired) electrons. The third-order valence-corrected chi connectivity index (χ3v) is 3.05. The van der Waals surface area contributed by atoms with Gasteiger partial charge in [-0.1, -0.05) is 31.9 Å². The summed E-state index contributed by atoms with van der Waals surface area (Å²) in [5, 5.41) is 0.579. The SMILES string of the molecule is Fc1ccc(Br)cc1CN(CCBr)CC(F)F. The van der Waals surface area contributed by atoms with Gasteiger partial charge in [-0.25, -0.2) is 13.2 Å². The van der Waals surface area contributed by atoms with Crippen LogP contribution in [-0.4, -0.2) is 29.7 Å². The van der Waals surface area contributed by atoms with Gasteiger partial charge in [0, 0.05) is 28.5 Å². The maximum atomic E-state index is 13.5. The number of benzene rings is 1. The Bertz CT molecular complexity index is 361. The van der Waals surface area contributed by atoms with Crippen LogP contribution in [0, 0.1) is 5.82 Å². The number of rotatable bonds is 6. The van der Waals surface area contributed by atoms with Gasteiger partial charge in [0.15, 0.2) is 0 Å². The van der Waals surface area contributed by atoms with E-state index in [1.54, 1.807) is 12.1 Å². The lowest BCUT2D eigenvalue weighted by Crippen LogP contribution is -2.30. The minimum absolute atomic E-state index is 0.182. The van der Waals surface area contributed by atoms with Crippen molar-refractivity contribution < 1.29 is 13.2 Å². The van der Waals surface area contributed by atoms with E-state index in [9.17, 15) is 13.2 Å². The molecule has 1 nitrogen and oxygen atoms in total. The van der Waals surface area contributed by atoms with Crippen LogP contribution in [0.25, 0.3) is 0 Å². The molecule has 96 valence electrons. The number of alkyl halides is 3. The molecule has 1 aromatic rings. The molecule has 0 unspecified atom stereocenters. The largest absolute Gasteiger partial charge is 0.293 e. The lowest BCUT2D eigenvalue weighted by Gasteiger charge is -2.21. The average molecular weight is 375 g/mol. The molecule has 0 spiro atoms. The van der Waals surface area contributed by atoms with Crippen molar-refractivity contribution >= 4 is 31.9 Å². The molecule has 0 aliphatic rings. The first-order valence-corrected chi connectivity index (χ1v) is 6.94. The first-order chi connectivity index (χ1) is 8.02. The molecule has 6 heteroatoms. The third kappa shape index (κ3) is 5.40. The summed E-state index contributed by atoms with van der Waals surface area (Å²) in [6, 6.07) is 4.52. The molecule has 0 N–H and O–H groups in total. The van der Waals surface area contributed by atoms with Crippen LogP contribution in [-0.2, 0) is 6.54 Å². The molecule has 0 saturated heterocycles. The fraction of sp³-hybridized carbons (Fsp3) is 0.455. The van der Waals surface area contributed by atoms with Crippen LogP contribution in [0.3, 0.4) is 0 Å². The Morgan fingerprint density at radius 3 is 2.59 bits per heavy atom. The van der Waals surface area contributed by atoms with E-state index in [1.807, 2.05) is 0 Å². The van der Waals surface area contributed by atoms with Crippen LogP contribution in [0.4, 0.5) is 13.2 Å². The van der Waals surface area contributed by atoms with Crippen molar-refractivity contribution in [2.24, 2.45) is 0 Å². The van der Waals surface area contributed by atoms with E-state index in [-0.39, 0.29) is 18.9 Å². The molecule has 1 aromatic carbocycles. The van der Waals surface area contributed by atoms with Gasteiger partial charge in [-0.2, -0.15) is 0 Å². The van der Waals surface area contributed by atoms with Crippen molar-refractivity contribution in [3.8, 4) is 0 Å². The summed E-state index contributed by atoms with van der Waals surface area (Å²) in [5.41, 5.74) is 0.418. The molecule has 0 aliphatic carbocycles. The van der Waals surface area contributed by atoms with Crippen LogP contribution in [0.2, 0.25) is 0 Å². The van der Waals surface area contributed by atoms with E-state index >= 15 is 0 Å². The summed E-state index contributed by atoms with van der Waals surface area (Å²) in [6.07, 6.45) is -2.41. The maximum Gasteiger partial charge on any atom is 0.251 e. The number of nitrogens with zero attached hydrogens (tertiary/aromatic N) is 1. The third-order valence-electron chi connectivity index (χ3n) is 2.20. The molecule has 0 atom stereocenters. The Morgan fingerprint density at radius 2 is 2.00 bits per heavy atom. The van der Waals surface area contributed by atoms with Crippen molar-refractivity contribution in [3.63, 3.8) is 0 Å². The van der Waals surface area contributed by atoms with E-state index in [0.29, 0.717) is 17.4 Å². The summed E-state index contributed by atoms with van der Waals surface area (Å²) in [5.74, 6) is -0.373.